The lowest BCUT2D eigenvalue weighted by atomic mass is 9.87. The number of aromatic carboxylic acids is 1. The number of nitrogens with zero attached hydrogens (tertiary/aromatic N) is 4. The highest BCUT2D eigenvalue weighted by Gasteiger charge is 2.26. The Kier molecular flexibility index (Phi) is 25.8. The minimum absolute atomic E-state index is 0.0129. The van der Waals surface area contributed by atoms with Crippen LogP contribution in [0, 0.1) is 23.7 Å². The van der Waals surface area contributed by atoms with Gasteiger partial charge in [0.15, 0.2) is 0 Å². The highest BCUT2D eigenvalue weighted by Crippen LogP contribution is 2.36. The Morgan fingerprint density at radius 2 is 0.620 bits per heavy atom. The highest BCUT2D eigenvalue weighted by atomic mass is 32.2. The summed E-state index contributed by atoms with van der Waals surface area (Å²) < 4.78 is 14.1. The first-order valence-electron chi connectivity index (χ1n) is 34.8. The minimum atomic E-state index is -0.962. The lowest BCUT2D eigenvalue weighted by Crippen LogP contribution is -2.37. The number of hydrogen-bond acceptors (Lipinski definition) is 14. The number of amides is 3. The van der Waals surface area contributed by atoms with E-state index >= 15 is 0 Å². The fourth-order valence-corrected chi connectivity index (χ4v) is 16.7. The van der Waals surface area contributed by atoms with E-state index < -0.39 is 5.97 Å². The summed E-state index contributed by atoms with van der Waals surface area (Å²) in [7, 11) is 0. The number of halogens is 1. The molecule has 12 aromatic rings. The van der Waals surface area contributed by atoms with Gasteiger partial charge in [0.25, 0.3) is 17.7 Å². The number of rotatable bonds is 11. The molecular weight excluding hydrogens is 1350 g/mol. The molecule has 524 valence electrons. The molecule has 0 bridgehead atoms. The van der Waals surface area contributed by atoms with Crippen molar-refractivity contribution in [3.63, 3.8) is 0 Å². The number of nitrogens with two attached hydrogens (primary N) is 1. The Labute approximate surface area is 603 Å². The Morgan fingerprint density at radius 3 is 0.840 bits per heavy atom. The van der Waals surface area contributed by atoms with Gasteiger partial charge in [-0.15, -0.1) is 45.3 Å². The highest BCUT2D eigenvalue weighted by molar-refractivity contribution is 7.93. The van der Waals surface area contributed by atoms with Crippen LogP contribution in [-0.2, 0) is 0 Å². The van der Waals surface area contributed by atoms with Crippen molar-refractivity contribution < 1.29 is 28.2 Å². The van der Waals surface area contributed by atoms with Gasteiger partial charge in [0, 0.05) is 64.8 Å². The Hall–Kier alpha value is -8.32. The molecule has 0 atom stereocenters. The van der Waals surface area contributed by atoms with Crippen molar-refractivity contribution in [1.29, 1.82) is 0 Å². The summed E-state index contributed by atoms with van der Waals surface area (Å²) in [6.07, 6.45) is 20.3. The lowest BCUT2D eigenvalue weighted by Gasteiger charge is -2.26. The first kappa shape index (κ1) is 72.9. The number of carbonyl (C=O) groups is 4. The van der Waals surface area contributed by atoms with Gasteiger partial charge in [-0.1, -0.05) is 149 Å². The van der Waals surface area contributed by atoms with Crippen molar-refractivity contribution in [1.82, 2.24) is 55.8 Å². The summed E-state index contributed by atoms with van der Waals surface area (Å²) in [5.74, 6) is 2.30. The average Bonchev–Trinajstić information content (AvgIpc) is 1.67. The van der Waals surface area contributed by atoms with E-state index in [-0.39, 0.29) is 35.6 Å². The maximum atomic E-state index is 12.5. The van der Waals surface area contributed by atoms with E-state index in [1.165, 1.54) is 81.8 Å². The molecule has 4 aliphatic rings. The molecule has 17 nitrogen and oxygen atoms in total. The molecule has 4 saturated carbocycles. The molecule has 4 aromatic carbocycles. The van der Waals surface area contributed by atoms with Crippen LogP contribution in [0.15, 0.2) is 146 Å². The number of carbonyl (C=O) groups excluding carboxylic acids is 3. The first-order valence-corrected chi connectivity index (χ1v) is 39.2. The van der Waals surface area contributed by atoms with E-state index in [4.69, 9.17) is 10.8 Å². The molecule has 3 amide bonds. The molecule has 10 N–H and O–H groups in total. The molecule has 0 radical (unpaired) electrons. The molecule has 16 rings (SSSR count). The SMILES string of the molecule is CC1CCC(N)CC1.CC1CCC(NC(=O)c2cc3sc(-c4ccccc4)nc3[nH]2)CC1.CC1CCC(NC(=O)c2cc3sc(-c4ccccc4)nc3[nH]2)CC1.CC1CCC(NC(=O)c2cc3sc(-c4ccccc4)nc3[nH]2)CC1.CSF.O=C(O)c1cc2sc(-c3ccccc3)nc2[nH]1. The predicted molar refractivity (Wildman–Crippen MR) is 411 cm³/mol. The monoisotopic (exact) mass is 1440 g/mol. The number of hydrogen-bond donors (Lipinski definition) is 9. The summed E-state index contributed by atoms with van der Waals surface area (Å²) in [6, 6.07) is 49.0. The van der Waals surface area contributed by atoms with Crippen LogP contribution in [-0.4, -0.2) is 99.1 Å². The van der Waals surface area contributed by atoms with Crippen LogP contribution in [0.5, 0.6) is 0 Å². The second-order valence-corrected chi connectivity index (χ2v) is 31.3. The number of thiazole rings is 4. The molecule has 0 aliphatic heterocycles. The van der Waals surface area contributed by atoms with Crippen molar-refractivity contribution in [3.05, 3.63) is 168 Å². The first-order chi connectivity index (χ1) is 48.5. The number of fused-ring (bicyclic) bond motifs is 4. The van der Waals surface area contributed by atoms with Crippen LogP contribution in [0.25, 0.3) is 83.7 Å². The summed E-state index contributed by atoms with van der Waals surface area (Å²) in [5, 5.41) is 22.1. The van der Waals surface area contributed by atoms with Crippen LogP contribution < -0.4 is 21.7 Å². The summed E-state index contributed by atoms with van der Waals surface area (Å²) in [5.41, 5.74) is 15.1. The number of benzene rings is 4. The van der Waals surface area contributed by atoms with Crippen LogP contribution in [0.1, 0.15) is 172 Å². The van der Waals surface area contributed by atoms with Gasteiger partial charge in [-0.2, -0.15) is 3.89 Å². The van der Waals surface area contributed by atoms with Crippen molar-refractivity contribution in [2.75, 3.05) is 6.26 Å². The number of H-pyrrole nitrogens is 4. The van der Waals surface area contributed by atoms with Gasteiger partial charge in [-0.25, -0.2) is 24.7 Å². The molecule has 0 spiro atoms. The quantitative estimate of drug-likeness (QED) is 0.0588. The molecule has 23 heteroatoms. The van der Waals surface area contributed by atoms with Crippen molar-refractivity contribution in [3.8, 4) is 42.3 Å². The fourth-order valence-electron chi connectivity index (χ4n) is 12.8. The number of carboxylic acid groups (broad SMARTS) is 1. The zero-order valence-corrected chi connectivity index (χ0v) is 61.2. The van der Waals surface area contributed by atoms with Crippen molar-refractivity contribution in [2.45, 2.75) is 155 Å². The van der Waals surface area contributed by atoms with E-state index in [0.29, 0.717) is 46.9 Å². The standard InChI is InChI=1S/3C19H21N3OS.C12H8N2O2S.C7H15N.CH3FS/c3*1-12-7-9-14(10-8-12)20-18(23)15-11-16-17(21-15)22-19(24-16)13-5-3-2-4-6-13;15-12(16)8-6-9-10(13-8)14-11(17-9)7-4-2-1-3-5-7;1-6-2-4-7(8)5-3-6;1-3-2/h3*2-6,11-12,14,21H,7-10H2,1H3,(H,20,23);1-6,13H,(H,15,16);6-7H,2-5,8H2,1H3;1H3. The number of aromatic nitrogens is 8. The number of nitrogens with one attached hydrogen (secondary N) is 7. The van der Waals surface area contributed by atoms with E-state index in [1.54, 1.807) is 40.1 Å². The van der Waals surface area contributed by atoms with E-state index in [9.17, 15) is 23.1 Å². The topological polar surface area (TPSA) is 265 Å². The molecule has 4 aliphatic carbocycles. The third-order valence-electron chi connectivity index (χ3n) is 18.9. The largest absolute Gasteiger partial charge is 0.477 e. The zero-order chi connectivity index (χ0) is 70.1. The van der Waals surface area contributed by atoms with Gasteiger partial charge in [0.05, 0.1) is 18.8 Å². The zero-order valence-electron chi connectivity index (χ0n) is 57.2. The van der Waals surface area contributed by atoms with Crippen molar-refractivity contribution in [2.24, 2.45) is 29.4 Å². The van der Waals surface area contributed by atoms with Crippen LogP contribution in [0.2, 0.25) is 0 Å². The Bertz CT molecular complexity index is 4070. The Morgan fingerprint density at radius 1 is 0.400 bits per heavy atom. The normalized spacial score (nSPS) is 20.4. The maximum Gasteiger partial charge on any atom is 0.352 e. The lowest BCUT2D eigenvalue weighted by molar-refractivity contribution is 0.0690. The van der Waals surface area contributed by atoms with E-state index in [0.717, 1.165) is 140 Å². The predicted octanol–water partition coefficient (Wildman–Crippen LogP) is 19.5. The van der Waals surface area contributed by atoms with Gasteiger partial charge in [0.2, 0.25) is 0 Å². The average molecular weight is 1440 g/mol. The fraction of sp³-hybridized carbons (Fsp3) is 0.377. The number of aromatic amines is 4. The summed E-state index contributed by atoms with van der Waals surface area (Å²) in [4.78, 5) is 78.7. The second-order valence-electron chi connectivity index (χ2n) is 26.9. The molecule has 0 saturated heterocycles. The third-order valence-corrected chi connectivity index (χ3v) is 23.1. The van der Waals surface area contributed by atoms with Gasteiger partial charge in [0.1, 0.15) is 65.4 Å². The Balaban J connectivity index is 0.000000129. The van der Waals surface area contributed by atoms with Crippen LogP contribution >= 0.6 is 57.5 Å². The summed E-state index contributed by atoms with van der Waals surface area (Å²) >= 11 is 6.57. The van der Waals surface area contributed by atoms with Gasteiger partial charge in [-0.3, -0.25) is 14.4 Å². The third kappa shape index (κ3) is 20.0. The van der Waals surface area contributed by atoms with Crippen molar-refractivity contribution >= 4 is 123 Å². The van der Waals surface area contributed by atoms with Gasteiger partial charge < -0.3 is 46.7 Å². The number of carboxylic acids is 1. The molecule has 0 unspecified atom stereocenters. The van der Waals surface area contributed by atoms with Gasteiger partial charge >= 0.3 is 5.97 Å². The smallest absolute Gasteiger partial charge is 0.352 e. The molecular formula is C77H89FN12O5S5. The molecule has 4 fully saturated rings. The second kappa shape index (κ2) is 35.3. The van der Waals surface area contributed by atoms with Crippen LogP contribution in [0.3, 0.4) is 0 Å². The summed E-state index contributed by atoms with van der Waals surface area (Å²) in [6.45, 7) is 9.17. The maximum absolute atomic E-state index is 12.5. The van der Waals surface area contributed by atoms with E-state index in [2.05, 4.69) is 120 Å². The van der Waals surface area contributed by atoms with E-state index in [1.807, 2.05) is 103 Å². The molecule has 8 aromatic heterocycles. The molecule has 100 heavy (non-hydrogen) atoms. The minimum Gasteiger partial charge on any atom is -0.477 e. The van der Waals surface area contributed by atoms with Gasteiger partial charge in [-0.05, 0) is 151 Å². The van der Waals surface area contributed by atoms with Crippen LogP contribution in [0.4, 0.5) is 3.89 Å². The molecule has 8 heterocycles.